The van der Waals surface area contributed by atoms with Crippen molar-refractivity contribution in [2.45, 2.75) is 11.7 Å². The summed E-state index contributed by atoms with van der Waals surface area (Å²) in [5, 5.41) is 10.1. The zero-order valence-corrected chi connectivity index (χ0v) is 16.0. The highest BCUT2D eigenvalue weighted by atomic mass is 32.1. The summed E-state index contributed by atoms with van der Waals surface area (Å²) >= 11 is 4.92. The molecule has 1 aromatic heterocycles. The quantitative estimate of drug-likeness (QED) is 0.386. The molecule has 2 heterocycles. The number of aromatic nitrogens is 3. The number of amides is 1. The van der Waals surface area contributed by atoms with Crippen molar-refractivity contribution in [2.75, 3.05) is 4.90 Å². The van der Waals surface area contributed by atoms with Gasteiger partial charge >= 0.3 is 23.4 Å². The lowest BCUT2D eigenvalue weighted by molar-refractivity contribution is -0.195. The first-order valence-corrected chi connectivity index (χ1v) is 8.29. The molecule has 1 aliphatic heterocycles. The number of nitrogens with zero attached hydrogens (tertiary/aromatic N) is 4. The molecule has 9 nitrogen and oxygen atoms in total. The number of benzene rings is 1. The molecule has 2 radical (unpaired) electrons. The maximum atomic E-state index is 14.7. The van der Waals surface area contributed by atoms with E-state index in [0.717, 1.165) is 9.13 Å². The second-order valence-corrected chi connectivity index (χ2v) is 6.57. The van der Waals surface area contributed by atoms with E-state index in [2.05, 4.69) is 4.74 Å². The molecule has 14 heteroatoms. The van der Waals surface area contributed by atoms with Gasteiger partial charge in [-0.15, -0.1) is 6.42 Å². The van der Waals surface area contributed by atoms with Crippen LogP contribution in [-0.2, 0) is 18.9 Å². The lowest BCUT2D eigenvalue weighted by atomic mass is 9.88. The molecule has 0 aliphatic carbocycles. The van der Waals surface area contributed by atoms with Crippen LogP contribution < -0.4 is 21.0 Å². The van der Waals surface area contributed by atoms with Gasteiger partial charge in [0.05, 0.1) is 11.4 Å². The van der Waals surface area contributed by atoms with Crippen molar-refractivity contribution in [1.29, 1.82) is 0 Å². The fourth-order valence-corrected chi connectivity index (χ4v) is 2.92. The molecule has 30 heavy (non-hydrogen) atoms. The van der Waals surface area contributed by atoms with Gasteiger partial charge in [0.2, 0.25) is 0 Å². The average Bonchev–Trinajstić information content (AvgIpc) is 2.66. The summed E-state index contributed by atoms with van der Waals surface area (Å²) in [5.41, 5.74) is -6.67. The van der Waals surface area contributed by atoms with Gasteiger partial charge in [-0.2, -0.15) is 8.78 Å². The third-order valence-corrected chi connectivity index (χ3v) is 4.83. The summed E-state index contributed by atoms with van der Waals surface area (Å²) in [6.45, 7) is 0. The third-order valence-electron chi connectivity index (χ3n) is 4.28. The predicted molar refractivity (Wildman–Crippen MR) is 99.6 cm³/mol. The summed E-state index contributed by atoms with van der Waals surface area (Å²) in [5.74, 6) is -2.86. The zero-order chi connectivity index (χ0) is 22.8. The van der Waals surface area contributed by atoms with E-state index in [9.17, 15) is 32.7 Å². The molecule has 1 N–H and O–H groups in total. The molecular weight excluding hydrogens is 428 g/mol. The average molecular weight is 438 g/mol. The van der Waals surface area contributed by atoms with Crippen LogP contribution in [0.2, 0.25) is 0 Å². The normalized spacial score (nSPS) is 17.0. The van der Waals surface area contributed by atoms with Crippen molar-refractivity contribution in [3.63, 3.8) is 0 Å². The van der Waals surface area contributed by atoms with Crippen LogP contribution in [0.4, 0.5) is 18.9 Å². The fourth-order valence-electron chi connectivity index (χ4n) is 2.76. The van der Waals surface area contributed by atoms with E-state index in [1.165, 1.54) is 14.1 Å². The molecular formula is C16H10BF3N4O5S. The van der Waals surface area contributed by atoms with E-state index in [1.807, 2.05) is 0 Å². The summed E-state index contributed by atoms with van der Waals surface area (Å²) in [6, 6.07) is 1.02. The molecule has 3 rings (SSSR count). The van der Waals surface area contributed by atoms with Crippen LogP contribution in [0.25, 0.3) is 5.69 Å². The fraction of sp³-hybridized carbons (Fsp3) is 0.250. The molecule has 1 atom stereocenters. The van der Waals surface area contributed by atoms with E-state index in [-0.39, 0.29) is 9.67 Å². The Bertz CT molecular complexity index is 1280. The standard InChI is InChI=1S/C16H10BF3N4O5S/c1-4-15(17,28)24-9-6-8(7(18)5-10(9)29-16(19,20)11(24)25)23-12(26)21(2)14(30)22(3)13(23)27/h1,5-6,28H,2-3H3. The van der Waals surface area contributed by atoms with Crippen LogP contribution in [0.1, 0.15) is 0 Å². The minimum atomic E-state index is -4.53. The number of hydrogen-bond donors (Lipinski definition) is 1. The number of terminal acetylenes is 1. The van der Waals surface area contributed by atoms with Crippen LogP contribution in [0, 0.1) is 22.9 Å². The Balaban J connectivity index is 2.43. The maximum Gasteiger partial charge on any atom is 0.483 e. The summed E-state index contributed by atoms with van der Waals surface area (Å²) in [4.78, 5) is 37.1. The van der Waals surface area contributed by atoms with Crippen molar-refractivity contribution < 1.29 is 27.8 Å². The Morgan fingerprint density at radius 3 is 2.23 bits per heavy atom. The number of aliphatic hydroxyl groups is 1. The monoisotopic (exact) mass is 438 g/mol. The highest BCUT2D eigenvalue weighted by molar-refractivity contribution is 7.71. The van der Waals surface area contributed by atoms with Gasteiger partial charge < -0.3 is 9.84 Å². The van der Waals surface area contributed by atoms with Gasteiger partial charge in [0.15, 0.2) is 29.8 Å². The SMILES string of the molecule is [B]C(O)(C#C)N1C(=O)C(F)(F)Oc2cc(F)c(-n3c(=O)n(C)c(=S)n(C)c3=O)cc21. The first-order chi connectivity index (χ1) is 13.7. The summed E-state index contributed by atoms with van der Waals surface area (Å²) in [6.07, 6.45) is 0.493. The Morgan fingerprint density at radius 1 is 1.20 bits per heavy atom. The first kappa shape index (κ1) is 21.4. The molecule has 1 amide bonds. The van der Waals surface area contributed by atoms with Crippen molar-refractivity contribution in [1.82, 2.24) is 13.7 Å². The van der Waals surface area contributed by atoms with Crippen LogP contribution >= 0.6 is 12.2 Å². The van der Waals surface area contributed by atoms with E-state index in [0.29, 0.717) is 16.7 Å². The molecule has 1 unspecified atom stereocenters. The van der Waals surface area contributed by atoms with E-state index >= 15 is 0 Å². The van der Waals surface area contributed by atoms with Crippen LogP contribution in [0.3, 0.4) is 0 Å². The number of alkyl halides is 2. The highest BCUT2D eigenvalue weighted by Crippen LogP contribution is 2.43. The first-order valence-electron chi connectivity index (χ1n) is 7.88. The van der Waals surface area contributed by atoms with Gasteiger partial charge in [0.1, 0.15) is 0 Å². The molecule has 2 aromatic rings. The van der Waals surface area contributed by atoms with Gasteiger partial charge in [0, 0.05) is 20.2 Å². The predicted octanol–water partition coefficient (Wildman–Crippen LogP) is -0.491. The smallest absolute Gasteiger partial charge is 0.423 e. The Labute approximate surface area is 171 Å². The van der Waals surface area contributed by atoms with Gasteiger partial charge in [-0.25, -0.2) is 18.5 Å². The number of rotatable bonds is 2. The van der Waals surface area contributed by atoms with E-state index < -0.39 is 52.0 Å². The minimum absolute atomic E-state index is 0.105. The number of carbonyl (C=O) groups is 1. The largest absolute Gasteiger partial charge is 0.483 e. The number of ether oxygens (including phenoxy) is 1. The molecule has 0 spiro atoms. The summed E-state index contributed by atoms with van der Waals surface area (Å²) in [7, 11) is 7.79. The van der Waals surface area contributed by atoms with Crippen molar-refractivity contribution >= 4 is 31.7 Å². The highest BCUT2D eigenvalue weighted by Gasteiger charge is 2.55. The minimum Gasteiger partial charge on any atom is -0.423 e. The number of anilines is 1. The van der Waals surface area contributed by atoms with Gasteiger partial charge in [-0.05, 0) is 18.3 Å². The summed E-state index contributed by atoms with van der Waals surface area (Å²) < 4.78 is 48.7. The molecule has 1 aromatic carbocycles. The Morgan fingerprint density at radius 2 is 1.73 bits per heavy atom. The van der Waals surface area contributed by atoms with Crippen LogP contribution in [-0.4, -0.2) is 44.3 Å². The zero-order valence-electron chi connectivity index (χ0n) is 15.2. The topological polar surface area (TPSA) is 98.7 Å². The van der Waals surface area contributed by atoms with Crippen molar-refractivity contribution in [3.05, 3.63) is 43.7 Å². The second kappa shape index (κ2) is 6.61. The number of halogens is 3. The van der Waals surface area contributed by atoms with Crippen LogP contribution in [0.5, 0.6) is 5.75 Å². The maximum absolute atomic E-state index is 14.7. The van der Waals surface area contributed by atoms with Gasteiger partial charge in [-0.1, -0.05) is 5.92 Å². The van der Waals surface area contributed by atoms with E-state index in [1.54, 1.807) is 5.92 Å². The molecule has 0 saturated heterocycles. The number of carbonyl (C=O) groups excluding carboxylic acids is 1. The lowest BCUT2D eigenvalue weighted by Crippen LogP contribution is -2.61. The van der Waals surface area contributed by atoms with Gasteiger partial charge in [0.25, 0.3) is 0 Å². The third kappa shape index (κ3) is 2.94. The van der Waals surface area contributed by atoms with E-state index in [4.69, 9.17) is 26.5 Å². The molecule has 0 saturated carbocycles. The van der Waals surface area contributed by atoms with Crippen molar-refractivity contribution in [2.24, 2.45) is 14.1 Å². The molecule has 154 valence electrons. The molecule has 0 fully saturated rings. The number of hydrogen-bond acceptors (Lipinski definition) is 6. The van der Waals surface area contributed by atoms with Crippen molar-refractivity contribution in [3.8, 4) is 23.8 Å². The van der Waals surface area contributed by atoms with Crippen LogP contribution in [0.15, 0.2) is 21.7 Å². The second-order valence-electron chi connectivity index (χ2n) is 6.20. The number of fused-ring (bicyclic) bond motifs is 1. The Hall–Kier alpha value is -3.31. The molecule has 0 bridgehead atoms. The van der Waals surface area contributed by atoms with Gasteiger partial charge in [-0.3, -0.25) is 18.8 Å². The Kier molecular flexibility index (Phi) is 4.72. The molecule has 1 aliphatic rings. The lowest BCUT2D eigenvalue weighted by Gasteiger charge is -2.40.